The highest BCUT2D eigenvalue weighted by Crippen LogP contribution is 2.37. The normalized spacial score (nSPS) is 18.1. The molecular formula is C13H18ClNO. The van der Waals surface area contributed by atoms with Gasteiger partial charge in [0.05, 0.1) is 6.61 Å². The van der Waals surface area contributed by atoms with Gasteiger partial charge in [-0.1, -0.05) is 30.2 Å². The number of benzene rings is 1. The summed E-state index contributed by atoms with van der Waals surface area (Å²) in [5.74, 6) is 0.715. The number of aliphatic hydroxyl groups excluding tert-OH is 1. The summed E-state index contributed by atoms with van der Waals surface area (Å²) in [7, 11) is 0. The lowest BCUT2D eigenvalue weighted by molar-refractivity contribution is 0.212. The smallest absolute Gasteiger partial charge is 0.0556 e. The molecule has 3 heteroatoms. The summed E-state index contributed by atoms with van der Waals surface area (Å²) in [4.78, 5) is 0. The first-order valence-electron chi connectivity index (χ1n) is 5.91. The van der Waals surface area contributed by atoms with Crippen LogP contribution in [0.1, 0.15) is 30.9 Å². The molecule has 2 rings (SSSR count). The van der Waals surface area contributed by atoms with Crippen LogP contribution in [0, 0.1) is 5.92 Å². The number of halogens is 1. The van der Waals surface area contributed by atoms with E-state index in [1.54, 1.807) is 0 Å². The molecule has 0 heterocycles. The van der Waals surface area contributed by atoms with Crippen molar-refractivity contribution < 1.29 is 5.11 Å². The van der Waals surface area contributed by atoms with Crippen molar-refractivity contribution in [3.05, 3.63) is 34.9 Å². The molecular weight excluding hydrogens is 222 g/mol. The van der Waals surface area contributed by atoms with E-state index in [0.29, 0.717) is 18.5 Å². The van der Waals surface area contributed by atoms with Crippen molar-refractivity contribution in [1.82, 2.24) is 5.32 Å². The Morgan fingerprint density at radius 1 is 1.31 bits per heavy atom. The summed E-state index contributed by atoms with van der Waals surface area (Å²) in [5, 5.41) is 13.1. The second kappa shape index (κ2) is 5.67. The predicted octanol–water partition coefficient (Wildman–Crippen LogP) is 2.76. The summed E-state index contributed by atoms with van der Waals surface area (Å²) < 4.78 is 0. The van der Waals surface area contributed by atoms with Gasteiger partial charge in [0.25, 0.3) is 0 Å². The van der Waals surface area contributed by atoms with Crippen molar-refractivity contribution >= 4 is 11.6 Å². The molecule has 0 amide bonds. The van der Waals surface area contributed by atoms with Gasteiger partial charge in [0, 0.05) is 17.6 Å². The average molecular weight is 240 g/mol. The van der Waals surface area contributed by atoms with Gasteiger partial charge in [-0.3, -0.25) is 0 Å². The minimum absolute atomic E-state index is 0.191. The largest absolute Gasteiger partial charge is 0.395 e. The fraction of sp³-hybridized carbons (Fsp3) is 0.538. The molecule has 0 aliphatic heterocycles. The lowest BCUT2D eigenvalue weighted by Crippen LogP contribution is -2.33. The Bertz CT molecular complexity index is 321. The second-order valence-electron chi connectivity index (χ2n) is 4.40. The molecule has 0 saturated heterocycles. The fourth-order valence-corrected chi connectivity index (χ4v) is 2.35. The minimum atomic E-state index is 0.191. The van der Waals surface area contributed by atoms with Crippen LogP contribution in [0.3, 0.4) is 0 Å². The zero-order valence-electron chi connectivity index (χ0n) is 9.32. The van der Waals surface area contributed by atoms with Crippen LogP contribution >= 0.6 is 11.6 Å². The van der Waals surface area contributed by atoms with Gasteiger partial charge < -0.3 is 10.4 Å². The van der Waals surface area contributed by atoms with Crippen molar-refractivity contribution in [2.24, 2.45) is 5.92 Å². The van der Waals surface area contributed by atoms with E-state index in [-0.39, 0.29) is 6.61 Å². The molecule has 0 unspecified atom stereocenters. The Kier molecular flexibility index (Phi) is 4.22. The molecule has 1 aromatic rings. The van der Waals surface area contributed by atoms with Crippen LogP contribution < -0.4 is 5.32 Å². The maximum atomic E-state index is 8.90. The van der Waals surface area contributed by atoms with Crippen LogP contribution in [0.5, 0.6) is 0 Å². The quantitative estimate of drug-likeness (QED) is 0.828. The molecule has 1 aliphatic carbocycles. The average Bonchev–Trinajstić information content (AvgIpc) is 2.23. The van der Waals surface area contributed by atoms with Gasteiger partial charge in [-0.05, 0) is 36.5 Å². The molecule has 2 nitrogen and oxygen atoms in total. The summed E-state index contributed by atoms with van der Waals surface area (Å²) in [5.41, 5.74) is 1.28. The van der Waals surface area contributed by atoms with Crippen molar-refractivity contribution in [2.75, 3.05) is 13.2 Å². The van der Waals surface area contributed by atoms with Crippen LogP contribution in [0.4, 0.5) is 0 Å². The van der Waals surface area contributed by atoms with Crippen LogP contribution in [-0.2, 0) is 0 Å². The van der Waals surface area contributed by atoms with Crippen LogP contribution in [0.2, 0.25) is 5.02 Å². The first-order valence-corrected chi connectivity index (χ1v) is 6.29. The van der Waals surface area contributed by atoms with Gasteiger partial charge in [0.1, 0.15) is 0 Å². The molecule has 1 saturated carbocycles. The van der Waals surface area contributed by atoms with Gasteiger partial charge in [-0.15, -0.1) is 0 Å². The van der Waals surface area contributed by atoms with Gasteiger partial charge in [0.15, 0.2) is 0 Å². The van der Waals surface area contributed by atoms with Crippen LogP contribution in [0.15, 0.2) is 24.3 Å². The highest BCUT2D eigenvalue weighted by molar-refractivity contribution is 6.30. The summed E-state index contributed by atoms with van der Waals surface area (Å²) in [6, 6.07) is 8.40. The first kappa shape index (κ1) is 11.9. The molecule has 1 atom stereocenters. The Morgan fingerprint density at radius 3 is 2.50 bits per heavy atom. The Morgan fingerprint density at radius 2 is 2.00 bits per heavy atom. The van der Waals surface area contributed by atoms with Gasteiger partial charge in [-0.2, -0.15) is 0 Å². The van der Waals surface area contributed by atoms with E-state index in [2.05, 4.69) is 17.4 Å². The molecule has 88 valence electrons. The lowest BCUT2D eigenvalue weighted by Gasteiger charge is -2.34. The summed E-state index contributed by atoms with van der Waals surface area (Å²) in [6.45, 7) is 0.848. The number of aliphatic hydroxyl groups is 1. The molecule has 0 radical (unpaired) electrons. The molecule has 1 aromatic carbocycles. The zero-order valence-corrected chi connectivity index (χ0v) is 10.1. The third kappa shape index (κ3) is 2.76. The van der Waals surface area contributed by atoms with Crippen molar-refractivity contribution in [2.45, 2.75) is 25.3 Å². The summed E-state index contributed by atoms with van der Waals surface area (Å²) in [6.07, 6.45) is 3.90. The maximum Gasteiger partial charge on any atom is 0.0556 e. The molecule has 1 aliphatic rings. The topological polar surface area (TPSA) is 32.3 Å². The predicted molar refractivity (Wildman–Crippen MR) is 66.6 cm³/mol. The number of nitrogens with one attached hydrogen (secondary N) is 1. The van der Waals surface area contributed by atoms with E-state index in [1.807, 2.05) is 12.1 Å². The highest BCUT2D eigenvalue weighted by atomic mass is 35.5. The number of hydrogen-bond donors (Lipinski definition) is 2. The van der Waals surface area contributed by atoms with E-state index < -0.39 is 0 Å². The Labute approximate surface area is 102 Å². The van der Waals surface area contributed by atoms with Gasteiger partial charge in [-0.25, -0.2) is 0 Å². The van der Waals surface area contributed by atoms with E-state index in [4.69, 9.17) is 16.7 Å². The van der Waals surface area contributed by atoms with E-state index in [9.17, 15) is 0 Å². The lowest BCUT2D eigenvalue weighted by atomic mass is 9.77. The minimum Gasteiger partial charge on any atom is -0.395 e. The molecule has 0 bridgehead atoms. The SMILES string of the molecule is OCCN[C@H](c1ccc(Cl)cc1)C1CCC1. The number of hydrogen-bond acceptors (Lipinski definition) is 2. The first-order chi connectivity index (χ1) is 7.81. The van der Waals surface area contributed by atoms with Crippen LogP contribution in [-0.4, -0.2) is 18.3 Å². The van der Waals surface area contributed by atoms with Crippen molar-refractivity contribution in [1.29, 1.82) is 0 Å². The molecule has 0 spiro atoms. The van der Waals surface area contributed by atoms with Crippen molar-refractivity contribution in [3.63, 3.8) is 0 Å². The van der Waals surface area contributed by atoms with Gasteiger partial charge >= 0.3 is 0 Å². The number of rotatable bonds is 5. The van der Waals surface area contributed by atoms with Crippen molar-refractivity contribution in [3.8, 4) is 0 Å². The third-order valence-electron chi connectivity index (χ3n) is 3.33. The van der Waals surface area contributed by atoms with Crippen LogP contribution in [0.25, 0.3) is 0 Å². The molecule has 2 N–H and O–H groups in total. The molecule has 16 heavy (non-hydrogen) atoms. The van der Waals surface area contributed by atoms with E-state index in [0.717, 1.165) is 5.02 Å². The van der Waals surface area contributed by atoms with E-state index >= 15 is 0 Å². The zero-order chi connectivity index (χ0) is 11.4. The molecule has 1 fully saturated rings. The monoisotopic (exact) mass is 239 g/mol. The highest BCUT2D eigenvalue weighted by Gasteiger charge is 2.27. The fourth-order valence-electron chi connectivity index (χ4n) is 2.22. The second-order valence-corrected chi connectivity index (χ2v) is 4.83. The van der Waals surface area contributed by atoms with E-state index in [1.165, 1.54) is 24.8 Å². The Hall–Kier alpha value is -0.570. The molecule has 0 aromatic heterocycles. The maximum absolute atomic E-state index is 8.90. The summed E-state index contributed by atoms with van der Waals surface area (Å²) >= 11 is 5.89. The standard InChI is InChI=1S/C13H18ClNO/c14-12-6-4-11(5-7-12)13(15-8-9-16)10-2-1-3-10/h4-7,10,13,15-16H,1-3,8-9H2/t13-/m0/s1. The third-order valence-corrected chi connectivity index (χ3v) is 3.58. The Balaban J connectivity index is 2.07. The van der Waals surface area contributed by atoms with Gasteiger partial charge in [0.2, 0.25) is 0 Å².